The molecule has 0 saturated heterocycles. The van der Waals surface area contributed by atoms with Crippen molar-refractivity contribution in [2.24, 2.45) is 5.92 Å². The molecular weight excluding hydrogens is 254 g/mol. The molecule has 1 N–H and O–H groups in total. The zero-order valence-electron chi connectivity index (χ0n) is 12.5. The van der Waals surface area contributed by atoms with Gasteiger partial charge in [-0.25, -0.2) is 0 Å². The second-order valence-electron chi connectivity index (χ2n) is 6.17. The lowest BCUT2D eigenvalue weighted by molar-refractivity contribution is 0.138. The van der Waals surface area contributed by atoms with Crippen molar-refractivity contribution in [2.75, 3.05) is 18.6 Å². The van der Waals surface area contributed by atoms with E-state index in [1.165, 1.54) is 16.9 Å². The van der Waals surface area contributed by atoms with Gasteiger partial charge in [-0.05, 0) is 55.5 Å². The van der Waals surface area contributed by atoms with Gasteiger partial charge in [-0.15, -0.1) is 0 Å². The molecule has 1 aliphatic heterocycles. The van der Waals surface area contributed by atoms with Crippen LogP contribution in [0.15, 0.2) is 18.2 Å². The molecule has 0 radical (unpaired) electrons. The van der Waals surface area contributed by atoms with Crippen molar-refractivity contribution in [2.45, 2.75) is 39.3 Å². The van der Waals surface area contributed by atoms with Crippen molar-refractivity contribution in [3.63, 3.8) is 0 Å². The summed E-state index contributed by atoms with van der Waals surface area (Å²) in [6, 6.07) is 6.58. The number of benzene rings is 1. The Balaban J connectivity index is 1.87. The zero-order chi connectivity index (χ0) is 13.9. The van der Waals surface area contributed by atoms with Gasteiger partial charge in [0.05, 0.1) is 0 Å². The Bertz CT molecular complexity index is 431. The van der Waals surface area contributed by atoms with E-state index in [4.69, 9.17) is 4.74 Å². The van der Waals surface area contributed by atoms with Crippen LogP contribution in [0, 0.1) is 5.92 Å². The normalized spacial score (nSPS) is 17.9. The van der Waals surface area contributed by atoms with E-state index in [2.05, 4.69) is 50.5 Å². The Hall–Kier alpha value is -0.670. The lowest BCUT2D eigenvalue weighted by atomic mass is 10.0. The first kappa shape index (κ1) is 14.7. The fraction of sp³-hybridized carbons (Fsp3) is 0.625. The lowest BCUT2D eigenvalue weighted by Crippen LogP contribution is -2.24. The molecule has 0 bridgehead atoms. The second kappa shape index (κ2) is 6.19. The van der Waals surface area contributed by atoms with Gasteiger partial charge in [-0.1, -0.05) is 19.1 Å². The molecule has 0 aliphatic carbocycles. The van der Waals surface area contributed by atoms with Gasteiger partial charge in [-0.3, -0.25) is 0 Å². The molecule has 1 aliphatic rings. The van der Waals surface area contributed by atoms with E-state index in [9.17, 15) is 0 Å². The molecule has 106 valence electrons. The molecule has 3 heteroatoms. The Kier molecular flexibility index (Phi) is 4.80. The number of nitrogens with one attached hydrogen (secondary N) is 1. The second-order valence-corrected chi connectivity index (χ2v) is 7.08. The highest BCUT2D eigenvalue weighted by molar-refractivity contribution is 7.98. The molecule has 0 spiro atoms. The van der Waals surface area contributed by atoms with Crippen molar-refractivity contribution >= 4 is 11.8 Å². The highest BCUT2D eigenvalue weighted by Gasteiger charge is 2.29. The lowest BCUT2D eigenvalue weighted by Gasteiger charge is -2.16. The van der Waals surface area contributed by atoms with Crippen LogP contribution in [-0.2, 0) is 13.0 Å². The van der Waals surface area contributed by atoms with Crippen LogP contribution < -0.4 is 10.1 Å². The zero-order valence-corrected chi connectivity index (χ0v) is 13.3. The predicted octanol–water partition coefficient (Wildman–Crippen LogP) is 3.49. The predicted molar refractivity (Wildman–Crippen MR) is 84.1 cm³/mol. The summed E-state index contributed by atoms with van der Waals surface area (Å²) in [6.45, 7) is 8.62. The average Bonchev–Trinajstić information content (AvgIpc) is 2.62. The van der Waals surface area contributed by atoms with Gasteiger partial charge in [-0.2, -0.15) is 11.8 Å². The Morgan fingerprint density at radius 2 is 2.21 bits per heavy atom. The number of thioether (sulfide) groups is 1. The topological polar surface area (TPSA) is 21.3 Å². The van der Waals surface area contributed by atoms with Crippen LogP contribution in [0.2, 0.25) is 0 Å². The molecule has 0 aromatic heterocycles. The smallest absolute Gasteiger partial charge is 0.123 e. The number of hydrogen-bond acceptors (Lipinski definition) is 3. The van der Waals surface area contributed by atoms with E-state index in [1.807, 2.05) is 11.8 Å². The SMILES string of the molecule is CSCC(C)CNCc1ccc2c(c1)CC(C)(C)O2. The third-order valence-electron chi connectivity index (χ3n) is 3.40. The van der Waals surface area contributed by atoms with Gasteiger partial charge >= 0.3 is 0 Å². The van der Waals surface area contributed by atoms with Gasteiger partial charge < -0.3 is 10.1 Å². The first-order chi connectivity index (χ1) is 9.00. The van der Waals surface area contributed by atoms with Crippen molar-refractivity contribution in [1.82, 2.24) is 5.32 Å². The van der Waals surface area contributed by atoms with Crippen LogP contribution >= 0.6 is 11.8 Å². The van der Waals surface area contributed by atoms with Crippen molar-refractivity contribution in [1.29, 1.82) is 0 Å². The van der Waals surface area contributed by atoms with Crippen molar-refractivity contribution < 1.29 is 4.74 Å². The molecule has 19 heavy (non-hydrogen) atoms. The molecular formula is C16H25NOS. The Morgan fingerprint density at radius 3 is 2.95 bits per heavy atom. The standard InChI is InChI=1S/C16H25NOS/c1-12(11-19-4)9-17-10-13-5-6-15-14(7-13)8-16(2,3)18-15/h5-7,12,17H,8-11H2,1-4H3. The van der Waals surface area contributed by atoms with Crippen LogP contribution in [0.25, 0.3) is 0 Å². The van der Waals surface area contributed by atoms with Gasteiger partial charge in [0.25, 0.3) is 0 Å². The number of hydrogen-bond donors (Lipinski definition) is 1. The van der Waals surface area contributed by atoms with E-state index in [1.54, 1.807) is 0 Å². The first-order valence-electron chi connectivity index (χ1n) is 7.00. The summed E-state index contributed by atoms with van der Waals surface area (Å²) >= 11 is 1.92. The summed E-state index contributed by atoms with van der Waals surface area (Å²) in [7, 11) is 0. The largest absolute Gasteiger partial charge is 0.487 e. The average molecular weight is 279 g/mol. The van der Waals surface area contributed by atoms with E-state index in [-0.39, 0.29) is 5.60 Å². The summed E-state index contributed by atoms with van der Waals surface area (Å²) in [5.74, 6) is 3.01. The van der Waals surface area contributed by atoms with Gasteiger partial charge in [0.2, 0.25) is 0 Å². The monoisotopic (exact) mass is 279 g/mol. The maximum atomic E-state index is 5.90. The fourth-order valence-electron chi connectivity index (χ4n) is 2.58. The molecule has 2 nitrogen and oxygen atoms in total. The summed E-state index contributed by atoms with van der Waals surface area (Å²) < 4.78 is 5.90. The minimum absolute atomic E-state index is 0.0404. The number of fused-ring (bicyclic) bond motifs is 1. The van der Waals surface area contributed by atoms with E-state index < -0.39 is 0 Å². The fourth-order valence-corrected chi connectivity index (χ4v) is 3.27. The van der Waals surface area contributed by atoms with Gasteiger partial charge in [0, 0.05) is 13.0 Å². The third kappa shape index (κ3) is 4.15. The van der Waals surface area contributed by atoms with E-state index >= 15 is 0 Å². The first-order valence-corrected chi connectivity index (χ1v) is 8.40. The molecule has 0 saturated carbocycles. The maximum absolute atomic E-state index is 5.90. The molecule has 2 rings (SSSR count). The molecule has 0 amide bonds. The summed E-state index contributed by atoms with van der Waals surface area (Å²) in [4.78, 5) is 0. The Labute approximate surface area is 121 Å². The third-order valence-corrected chi connectivity index (χ3v) is 4.30. The minimum atomic E-state index is -0.0404. The molecule has 1 aromatic carbocycles. The van der Waals surface area contributed by atoms with Crippen molar-refractivity contribution in [3.8, 4) is 5.75 Å². The maximum Gasteiger partial charge on any atom is 0.123 e. The van der Waals surface area contributed by atoms with Crippen LogP contribution in [0.1, 0.15) is 31.9 Å². The molecule has 1 unspecified atom stereocenters. The summed E-state index contributed by atoms with van der Waals surface area (Å²) in [6.07, 6.45) is 3.18. The van der Waals surface area contributed by atoms with Crippen LogP contribution in [-0.4, -0.2) is 24.2 Å². The molecule has 0 fully saturated rings. The minimum Gasteiger partial charge on any atom is -0.487 e. The quantitative estimate of drug-likeness (QED) is 0.861. The molecule has 1 heterocycles. The van der Waals surface area contributed by atoms with E-state index in [0.717, 1.165) is 31.2 Å². The van der Waals surface area contributed by atoms with Gasteiger partial charge in [0.1, 0.15) is 11.4 Å². The molecule has 1 aromatic rings. The van der Waals surface area contributed by atoms with Crippen LogP contribution in [0.4, 0.5) is 0 Å². The van der Waals surface area contributed by atoms with Crippen molar-refractivity contribution in [3.05, 3.63) is 29.3 Å². The number of ether oxygens (including phenoxy) is 1. The summed E-state index contributed by atoms with van der Waals surface area (Å²) in [5, 5.41) is 3.54. The van der Waals surface area contributed by atoms with Gasteiger partial charge in [0.15, 0.2) is 0 Å². The van der Waals surface area contributed by atoms with Crippen LogP contribution in [0.5, 0.6) is 5.75 Å². The highest BCUT2D eigenvalue weighted by Crippen LogP contribution is 2.35. The molecule has 1 atom stereocenters. The van der Waals surface area contributed by atoms with E-state index in [0.29, 0.717) is 0 Å². The van der Waals surface area contributed by atoms with Crippen LogP contribution in [0.3, 0.4) is 0 Å². The highest BCUT2D eigenvalue weighted by atomic mass is 32.2. The Morgan fingerprint density at radius 1 is 1.42 bits per heavy atom. The number of rotatable bonds is 6. The summed E-state index contributed by atoms with van der Waals surface area (Å²) in [5.41, 5.74) is 2.67.